The first-order chi connectivity index (χ1) is 8.06. The van der Waals surface area contributed by atoms with Gasteiger partial charge in [-0.2, -0.15) is 0 Å². The van der Waals surface area contributed by atoms with Crippen molar-refractivity contribution in [3.8, 4) is 0 Å². The van der Waals surface area contributed by atoms with Crippen molar-refractivity contribution in [2.24, 2.45) is 0 Å². The molecule has 0 fully saturated rings. The number of ketones is 1. The van der Waals surface area contributed by atoms with Crippen LogP contribution in [0.3, 0.4) is 0 Å². The number of nitrogens with zero attached hydrogens (tertiary/aromatic N) is 1. The van der Waals surface area contributed by atoms with Crippen LogP contribution in [-0.4, -0.2) is 18.2 Å². The third-order valence-electron chi connectivity index (χ3n) is 2.54. The number of hydrogen-bond acceptors (Lipinski definition) is 2. The maximum Gasteiger partial charge on any atom is 0.299 e. The molecule has 0 saturated carbocycles. The molecule has 0 saturated heterocycles. The van der Waals surface area contributed by atoms with E-state index in [2.05, 4.69) is 15.9 Å². The maximum atomic E-state index is 13.4. The molecule has 0 N–H and O–H groups in total. The van der Waals surface area contributed by atoms with Gasteiger partial charge in [-0.25, -0.2) is 4.39 Å². The van der Waals surface area contributed by atoms with E-state index < -0.39 is 17.5 Å². The third kappa shape index (κ3) is 1.91. The summed E-state index contributed by atoms with van der Waals surface area (Å²) < 4.78 is 13.6. The van der Waals surface area contributed by atoms with Crippen LogP contribution in [-0.2, 0) is 4.79 Å². The van der Waals surface area contributed by atoms with Gasteiger partial charge >= 0.3 is 0 Å². The van der Waals surface area contributed by atoms with Crippen molar-refractivity contribution < 1.29 is 14.0 Å². The number of carbonyl (C=O) groups excluding carboxylic acids is 2. The Morgan fingerprint density at radius 1 is 1.41 bits per heavy atom. The Labute approximate surface area is 106 Å². The zero-order valence-corrected chi connectivity index (χ0v) is 10.6. The lowest BCUT2D eigenvalue weighted by atomic mass is 10.1. The number of fused-ring (bicyclic) bond motifs is 1. The lowest BCUT2D eigenvalue weighted by molar-refractivity contribution is -0.114. The molecule has 3 nitrogen and oxygen atoms in total. The van der Waals surface area contributed by atoms with Crippen LogP contribution < -0.4 is 4.90 Å². The maximum absolute atomic E-state index is 13.4. The number of hydrogen-bond donors (Lipinski definition) is 0. The molecule has 0 atom stereocenters. The number of anilines is 1. The van der Waals surface area contributed by atoms with Crippen molar-refractivity contribution >= 4 is 33.3 Å². The number of Topliss-reactive ketones (excluding diaryl/α,β-unsaturated/α-hetero) is 1. The Morgan fingerprint density at radius 2 is 2.12 bits per heavy atom. The molecule has 2 rings (SSSR count). The fourth-order valence-corrected chi connectivity index (χ4v) is 2.02. The molecule has 0 aromatic heterocycles. The van der Waals surface area contributed by atoms with Gasteiger partial charge in [-0.15, -0.1) is 0 Å². The highest BCUT2D eigenvalue weighted by Crippen LogP contribution is 2.33. The van der Waals surface area contributed by atoms with E-state index in [1.165, 1.54) is 17.0 Å². The van der Waals surface area contributed by atoms with E-state index in [4.69, 9.17) is 0 Å². The predicted molar refractivity (Wildman–Crippen MR) is 65.6 cm³/mol. The highest BCUT2D eigenvalue weighted by Gasteiger charge is 2.35. The van der Waals surface area contributed by atoms with Gasteiger partial charge in [-0.1, -0.05) is 12.2 Å². The van der Waals surface area contributed by atoms with Crippen LogP contribution in [0.15, 0.2) is 28.8 Å². The van der Waals surface area contributed by atoms with Gasteiger partial charge < -0.3 is 4.90 Å². The largest absolute Gasteiger partial charge is 0.301 e. The summed E-state index contributed by atoms with van der Waals surface area (Å²) in [5, 5.41) is 0. The normalized spacial score (nSPS) is 14.9. The highest BCUT2D eigenvalue weighted by atomic mass is 79.9. The smallest absolute Gasteiger partial charge is 0.299 e. The number of carbonyl (C=O) groups is 2. The zero-order valence-electron chi connectivity index (χ0n) is 9.04. The monoisotopic (exact) mass is 297 g/mol. The minimum absolute atomic E-state index is 0.185. The summed E-state index contributed by atoms with van der Waals surface area (Å²) in [5.74, 6) is -1.70. The molecule has 1 heterocycles. The minimum atomic E-state index is -0.615. The molecular weight excluding hydrogens is 289 g/mol. The van der Waals surface area contributed by atoms with Gasteiger partial charge in [-0.05, 0) is 35.0 Å². The summed E-state index contributed by atoms with van der Waals surface area (Å²) in [6.45, 7) is 2.08. The van der Waals surface area contributed by atoms with Gasteiger partial charge in [0.1, 0.15) is 5.82 Å². The summed E-state index contributed by atoms with van der Waals surface area (Å²) in [5.41, 5.74) is 0.576. The fraction of sp³-hybridized carbons (Fsp3) is 0.167. The number of halogens is 2. The van der Waals surface area contributed by atoms with Crippen molar-refractivity contribution in [3.05, 3.63) is 40.1 Å². The lowest BCUT2D eigenvalue weighted by Crippen LogP contribution is -2.29. The quantitative estimate of drug-likeness (QED) is 0.622. The van der Waals surface area contributed by atoms with Crippen LogP contribution in [0.2, 0.25) is 0 Å². The molecule has 88 valence electrons. The molecule has 1 aliphatic heterocycles. The lowest BCUT2D eigenvalue weighted by Gasteiger charge is -2.13. The first kappa shape index (κ1) is 12.0. The summed E-state index contributed by atoms with van der Waals surface area (Å²) in [6.07, 6.45) is 3.51. The molecule has 0 radical (unpaired) electrons. The fourth-order valence-electron chi connectivity index (χ4n) is 1.68. The van der Waals surface area contributed by atoms with Gasteiger partial charge in [0.05, 0.1) is 15.7 Å². The Bertz CT molecular complexity index is 540. The molecule has 0 spiro atoms. The van der Waals surface area contributed by atoms with E-state index in [1.807, 2.05) is 6.92 Å². The van der Waals surface area contributed by atoms with Gasteiger partial charge in [0, 0.05) is 6.54 Å². The molecule has 1 amide bonds. The van der Waals surface area contributed by atoms with Crippen LogP contribution in [0.5, 0.6) is 0 Å². The van der Waals surface area contributed by atoms with Crippen LogP contribution in [0.4, 0.5) is 10.1 Å². The van der Waals surface area contributed by atoms with E-state index in [0.29, 0.717) is 5.69 Å². The van der Waals surface area contributed by atoms with E-state index in [-0.39, 0.29) is 16.6 Å². The van der Waals surface area contributed by atoms with Crippen LogP contribution >= 0.6 is 15.9 Å². The van der Waals surface area contributed by atoms with Crippen LogP contribution in [0.25, 0.3) is 0 Å². The van der Waals surface area contributed by atoms with Crippen LogP contribution in [0.1, 0.15) is 17.3 Å². The summed E-state index contributed by atoms with van der Waals surface area (Å²) >= 11 is 3.00. The van der Waals surface area contributed by atoms with E-state index >= 15 is 0 Å². The molecule has 0 aliphatic carbocycles. The molecular formula is C12H9BrFNO2. The third-order valence-corrected chi connectivity index (χ3v) is 3.14. The van der Waals surface area contributed by atoms with Crippen molar-refractivity contribution in [2.75, 3.05) is 11.4 Å². The standard InChI is InChI=1S/C12H9BrFNO2/c1-2-3-4-15-10-6-9(14)8(13)5-7(10)11(16)12(15)17/h2-3,5-6H,4H2,1H3. The summed E-state index contributed by atoms with van der Waals surface area (Å²) in [6, 6.07) is 2.55. The molecule has 0 bridgehead atoms. The second-order valence-electron chi connectivity index (χ2n) is 3.60. The molecule has 0 unspecified atom stereocenters. The molecule has 5 heteroatoms. The minimum Gasteiger partial charge on any atom is -0.301 e. The Kier molecular flexibility index (Phi) is 3.11. The van der Waals surface area contributed by atoms with E-state index in [9.17, 15) is 14.0 Å². The molecule has 1 aromatic rings. The molecule has 17 heavy (non-hydrogen) atoms. The number of allylic oxidation sites excluding steroid dienone is 1. The number of rotatable bonds is 2. The second-order valence-corrected chi connectivity index (χ2v) is 4.45. The predicted octanol–water partition coefficient (Wildman–Crippen LogP) is 2.69. The van der Waals surface area contributed by atoms with Crippen molar-refractivity contribution in [3.63, 3.8) is 0 Å². The highest BCUT2D eigenvalue weighted by molar-refractivity contribution is 9.10. The SMILES string of the molecule is CC=CCN1C(=O)C(=O)c2cc(Br)c(F)cc21. The first-order valence-electron chi connectivity index (χ1n) is 5.02. The second kappa shape index (κ2) is 4.41. The Balaban J connectivity index is 2.52. The zero-order chi connectivity index (χ0) is 12.6. The van der Waals surface area contributed by atoms with E-state index in [0.717, 1.165) is 0 Å². The van der Waals surface area contributed by atoms with Gasteiger partial charge in [0.15, 0.2) is 0 Å². The topological polar surface area (TPSA) is 37.4 Å². The van der Waals surface area contributed by atoms with Gasteiger partial charge in [0.2, 0.25) is 0 Å². The molecule has 1 aromatic carbocycles. The van der Waals surface area contributed by atoms with Gasteiger partial charge in [0.25, 0.3) is 11.7 Å². The Hall–Kier alpha value is -1.49. The Morgan fingerprint density at radius 3 is 2.76 bits per heavy atom. The van der Waals surface area contributed by atoms with Crippen LogP contribution in [0, 0.1) is 5.82 Å². The average Bonchev–Trinajstić information content (AvgIpc) is 2.52. The summed E-state index contributed by atoms with van der Waals surface area (Å²) in [7, 11) is 0. The number of amides is 1. The van der Waals surface area contributed by atoms with E-state index in [1.54, 1.807) is 12.2 Å². The van der Waals surface area contributed by atoms with Crippen molar-refractivity contribution in [1.82, 2.24) is 0 Å². The first-order valence-corrected chi connectivity index (χ1v) is 5.82. The molecule has 1 aliphatic rings. The van der Waals surface area contributed by atoms with Crippen molar-refractivity contribution in [1.29, 1.82) is 0 Å². The summed E-state index contributed by atoms with van der Waals surface area (Å²) in [4.78, 5) is 24.6. The van der Waals surface area contributed by atoms with Gasteiger partial charge in [-0.3, -0.25) is 9.59 Å². The average molecular weight is 298 g/mol. The van der Waals surface area contributed by atoms with Crippen molar-refractivity contribution in [2.45, 2.75) is 6.92 Å². The number of benzene rings is 1.